The zero-order chi connectivity index (χ0) is 25.5. The van der Waals surface area contributed by atoms with Crippen molar-refractivity contribution >= 4 is 21.8 Å². The van der Waals surface area contributed by atoms with Crippen molar-refractivity contribution in [3.8, 4) is 23.3 Å². The maximum atomic E-state index is 11.5. The van der Waals surface area contributed by atoms with Crippen LogP contribution < -0.4 is 4.74 Å². The molecule has 2 heterocycles. The van der Waals surface area contributed by atoms with Gasteiger partial charge in [0, 0.05) is 24.1 Å². The summed E-state index contributed by atoms with van der Waals surface area (Å²) in [7, 11) is -1.74. The molecule has 1 atom stereocenters. The number of thioether (sulfide) groups is 1. The summed E-state index contributed by atoms with van der Waals surface area (Å²) in [5, 5.41) is 10.1. The molecular formula is C26H29N5O3S2. The third-order valence-electron chi connectivity index (χ3n) is 5.73. The Morgan fingerprint density at radius 3 is 2.83 bits per heavy atom. The molecule has 1 aliphatic carbocycles. The predicted octanol–water partition coefficient (Wildman–Crippen LogP) is 3.99. The molecule has 0 bridgehead atoms. The van der Waals surface area contributed by atoms with Crippen molar-refractivity contribution in [2.24, 2.45) is 0 Å². The molecule has 0 amide bonds. The number of pyridine rings is 1. The number of sulfonamides is 1. The largest absolute Gasteiger partial charge is 0.486 e. The number of hydrogen-bond donors (Lipinski definition) is 0. The van der Waals surface area contributed by atoms with Crippen LogP contribution in [-0.4, -0.2) is 57.6 Å². The van der Waals surface area contributed by atoms with Crippen molar-refractivity contribution in [1.29, 1.82) is 0 Å². The molecule has 0 saturated carbocycles. The molecule has 1 aliphatic rings. The van der Waals surface area contributed by atoms with Gasteiger partial charge >= 0.3 is 0 Å². The van der Waals surface area contributed by atoms with Crippen LogP contribution in [0, 0.1) is 18.8 Å². The highest BCUT2D eigenvalue weighted by atomic mass is 32.2. The number of allylic oxidation sites excluding steroid dienone is 1. The Labute approximate surface area is 216 Å². The van der Waals surface area contributed by atoms with E-state index in [0.29, 0.717) is 16.8 Å². The molecule has 0 fully saturated rings. The Kier molecular flexibility index (Phi) is 8.46. The number of aromatic nitrogens is 4. The van der Waals surface area contributed by atoms with Crippen molar-refractivity contribution in [3.05, 3.63) is 71.8 Å². The zero-order valence-electron chi connectivity index (χ0n) is 20.6. The van der Waals surface area contributed by atoms with Crippen molar-refractivity contribution in [3.63, 3.8) is 0 Å². The van der Waals surface area contributed by atoms with Crippen LogP contribution in [0.1, 0.15) is 36.2 Å². The molecule has 36 heavy (non-hydrogen) atoms. The second-order valence-corrected chi connectivity index (χ2v) is 11.8. The quantitative estimate of drug-likeness (QED) is 0.326. The minimum atomic E-state index is -3.25. The first-order valence-corrected chi connectivity index (χ1v) is 14.4. The Morgan fingerprint density at radius 1 is 1.28 bits per heavy atom. The Morgan fingerprint density at radius 2 is 2.14 bits per heavy atom. The molecule has 0 spiro atoms. The van der Waals surface area contributed by atoms with Crippen molar-refractivity contribution in [2.75, 3.05) is 19.8 Å². The average molecular weight is 524 g/mol. The first-order valence-electron chi connectivity index (χ1n) is 11.6. The van der Waals surface area contributed by atoms with Gasteiger partial charge in [-0.05, 0) is 62.1 Å². The van der Waals surface area contributed by atoms with Gasteiger partial charge < -0.3 is 4.74 Å². The van der Waals surface area contributed by atoms with Gasteiger partial charge in [-0.15, -0.1) is 10.2 Å². The van der Waals surface area contributed by atoms with Crippen LogP contribution >= 0.6 is 11.8 Å². The molecule has 2 aromatic heterocycles. The Balaban J connectivity index is 1.48. The highest BCUT2D eigenvalue weighted by Crippen LogP contribution is 2.31. The number of hydrogen-bond acceptors (Lipinski definition) is 7. The number of rotatable bonds is 8. The minimum Gasteiger partial charge on any atom is -0.486 e. The Hall–Kier alpha value is -3.13. The Bertz CT molecular complexity index is 1390. The van der Waals surface area contributed by atoms with Gasteiger partial charge in [-0.1, -0.05) is 35.8 Å². The third-order valence-corrected chi connectivity index (χ3v) is 8.16. The monoisotopic (exact) mass is 523 g/mol. The molecule has 0 radical (unpaired) electrons. The summed E-state index contributed by atoms with van der Waals surface area (Å²) < 4.78 is 32.3. The molecule has 8 nitrogen and oxygen atoms in total. The van der Waals surface area contributed by atoms with Crippen LogP contribution in [0.5, 0.6) is 5.75 Å². The van der Waals surface area contributed by atoms with Gasteiger partial charge in [0.1, 0.15) is 12.4 Å². The van der Waals surface area contributed by atoms with Gasteiger partial charge in [-0.3, -0.25) is 9.55 Å². The van der Waals surface area contributed by atoms with Crippen molar-refractivity contribution < 1.29 is 13.2 Å². The molecular weight excluding hydrogens is 494 g/mol. The van der Waals surface area contributed by atoms with Crippen molar-refractivity contribution in [2.45, 2.75) is 43.2 Å². The summed E-state index contributed by atoms with van der Waals surface area (Å²) in [6, 6.07) is 9.52. The topological polar surface area (TPSA) is 90.2 Å². The fourth-order valence-electron chi connectivity index (χ4n) is 3.61. The molecule has 0 aliphatic heterocycles. The molecule has 4 rings (SSSR count). The lowest BCUT2D eigenvalue weighted by atomic mass is 10.1. The summed E-state index contributed by atoms with van der Waals surface area (Å²) in [6.07, 6.45) is 12.6. The van der Waals surface area contributed by atoms with Crippen LogP contribution in [0.4, 0.5) is 0 Å². The number of nitrogens with zero attached hydrogens (tertiary/aromatic N) is 5. The maximum Gasteiger partial charge on any atom is 0.211 e. The SMILES string of the molecule is Cc1cc(OCc2nnc(SC3C=CCCC3)n2-c2cccnc2)ccc1C#CCN(C)S(C)(=O)=O. The first kappa shape index (κ1) is 25.9. The molecule has 188 valence electrons. The molecule has 1 unspecified atom stereocenters. The summed E-state index contributed by atoms with van der Waals surface area (Å²) >= 11 is 1.71. The zero-order valence-corrected chi connectivity index (χ0v) is 22.2. The normalized spacial score (nSPS) is 15.5. The van der Waals surface area contributed by atoms with E-state index in [1.807, 2.05) is 41.8 Å². The van der Waals surface area contributed by atoms with E-state index in [4.69, 9.17) is 4.74 Å². The predicted molar refractivity (Wildman–Crippen MR) is 142 cm³/mol. The average Bonchev–Trinajstić information content (AvgIpc) is 3.26. The minimum absolute atomic E-state index is 0.136. The summed E-state index contributed by atoms with van der Waals surface area (Å²) in [4.78, 5) is 4.27. The fourth-order valence-corrected chi connectivity index (χ4v) is 5.06. The lowest BCUT2D eigenvalue weighted by Gasteiger charge is -2.16. The fraction of sp³-hybridized carbons (Fsp3) is 0.346. The smallest absolute Gasteiger partial charge is 0.211 e. The van der Waals surface area contributed by atoms with E-state index in [9.17, 15) is 8.42 Å². The van der Waals surface area contributed by atoms with Gasteiger partial charge in [0.05, 0.1) is 24.7 Å². The molecule has 1 aromatic carbocycles. The van der Waals surface area contributed by atoms with Gasteiger partial charge in [-0.25, -0.2) is 8.42 Å². The van der Waals surface area contributed by atoms with E-state index >= 15 is 0 Å². The molecule has 0 saturated heterocycles. The van der Waals surface area contributed by atoms with Crippen LogP contribution in [0.25, 0.3) is 5.69 Å². The maximum absolute atomic E-state index is 11.5. The summed E-state index contributed by atoms with van der Waals surface area (Å²) in [6.45, 7) is 2.33. The summed E-state index contributed by atoms with van der Waals surface area (Å²) in [5.41, 5.74) is 2.65. The lowest BCUT2D eigenvalue weighted by molar-refractivity contribution is 0.292. The van der Waals surface area contributed by atoms with E-state index in [1.165, 1.54) is 17.8 Å². The van der Waals surface area contributed by atoms with E-state index in [2.05, 4.69) is 39.2 Å². The van der Waals surface area contributed by atoms with E-state index in [0.717, 1.165) is 41.1 Å². The van der Waals surface area contributed by atoms with Gasteiger partial charge in [-0.2, -0.15) is 4.31 Å². The van der Waals surface area contributed by atoms with Crippen LogP contribution in [0.2, 0.25) is 0 Å². The van der Waals surface area contributed by atoms with Crippen LogP contribution in [0.15, 0.2) is 60.0 Å². The van der Waals surface area contributed by atoms with Crippen LogP contribution in [0.3, 0.4) is 0 Å². The van der Waals surface area contributed by atoms with Gasteiger partial charge in [0.25, 0.3) is 0 Å². The van der Waals surface area contributed by atoms with Gasteiger partial charge in [0.2, 0.25) is 10.0 Å². The number of benzene rings is 1. The van der Waals surface area contributed by atoms with E-state index in [1.54, 1.807) is 24.2 Å². The second kappa shape index (κ2) is 11.7. The van der Waals surface area contributed by atoms with E-state index < -0.39 is 10.0 Å². The van der Waals surface area contributed by atoms with Gasteiger partial charge in [0.15, 0.2) is 11.0 Å². The lowest BCUT2D eigenvalue weighted by Crippen LogP contribution is -2.25. The molecule has 0 N–H and O–H groups in total. The standard InChI is InChI=1S/C26H29N5O3S2/c1-20-17-23(14-13-21(20)9-8-16-30(2)36(3,32)33)34-19-25-28-29-26(35-24-11-5-4-6-12-24)31(25)22-10-7-15-27-18-22/h5,7,10-11,13-15,17-18,24H,4,6,12,16,19H2,1-3H3. The first-order chi connectivity index (χ1) is 17.3. The second-order valence-electron chi connectivity index (χ2n) is 8.55. The number of aryl methyl sites for hydroxylation is 1. The number of ether oxygens (including phenoxy) is 1. The van der Waals surface area contributed by atoms with E-state index in [-0.39, 0.29) is 13.2 Å². The molecule has 3 aromatic rings. The molecule has 10 heteroatoms. The van der Waals surface area contributed by atoms with Crippen LogP contribution in [-0.2, 0) is 16.6 Å². The highest BCUT2D eigenvalue weighted by molar-refractivity contribution is 7.99. The third kappa shape index (κ3) is 6.75. The van der Waals surface area contributed by atoms with Crippen molar-refractivity contribution in [1.82, 2.24) is 24.1 Å². The highest BCUT2D eigenvalue weighted by Gasteiger charge is 2.19. The summed E-state index contributed by atoms with van der Waals surface area (Å²) in [5.74, 6) is 7.33.